The third-order valence-corrected chi connectivity index (χ3v) is 2.75. The summed E-state index contributed by atoms with van der Waals surface area (Å²) in [5, 5.41) is 27.6. The molecule has 0 aliphatic heterocycles. The van der Waals surface area contributed by atoms with Crippen LogP contribution in [0.15, 0.2) is 25.3 Å². The van der Waals surface area contributed by atoms with Crippen molar-refractivity contribution in [3.63, 3.8) is 0 Å². The fourth-order valence-electron chi connectivity index (χ4n) is 1.94. The Morgan fingerprint density at radius 2 is 1.38 bits per heavy atom. The quantitative estimate of drug-likeness (QED) is 0.467. The van der Waals surface area contributed by atoms with Gasteiger partial charge in [0.25, 0.3) is 0 Å². The van der Waals surface area contributed by atoms with Gasteiger partial charge in [-0.15, -0.1) is 13.2 Å². The lowest BCUT2D eigenvalue weighted by molar-refractivity contribution is 0.0108. The van der Waals surface area contributed by atoms with Crippen molar-refractivity contribution < 1.29 is 15.3 Å². The van der Waals surface area contributed by atoms with E-state index < -0.39 is 5.54 Å². The summed E-state index contributed by atoms with van der Waals surface area (Å²) < 4.78 is 0. The van der Waals surface area contributed by atoms with Crippen LogP contribution in [-0.4, -0.2) is 58.7 Å². The first-order valence-electron chi connectivity index (χ1n) is 5.50. The molecular weight excluding hydrogens is 206 g/mol. The van der Waals surface area contributed by atoms with Crippen LogP contribution in [0.2, 0.25) is 0 Å². The zero-order valence-electron chi connectivity index (χ0n) is 9.81. The van der Waals surface area contributed by atoms with E-state index in [1.165, 1.54) is 0 Å². The number of aliphatic hydroxyl groups excluding tert-OH is 3. The topological polar surface area (TPSA) is 63.9 Å². The first-order chi connectivity index (χ1) is 7.70. The van der Waals surface area contributed by atoms with Crippen molar-refractivity contribution in [2.24, 2.45) is 0 Å². The average Bonchev–Trinajstić information content (AvgIpc) is 2.28. The van der Waals surface area contributed by atoms with Gasteiger partial charge in [-0.05, 0) is 12.8 Å². The van der Waals surface area contributed by atoms with Crippen LogP contribution in [-0.2, 0) is 0 Å². The van der Waals surface area contributed by atoms with E-state index >= 15 is 0 Å². The molecule has 4 heteroatoms. The molecule has 0 aromatic heterocycles. The molecule has 0 radical (unpaired) electrons. The van der Waals surface area contributed by atoms with Crippen LogP contribution in [0.5, 0.6) is 0 Å². The Balaban J connectivity index is 4.87. The maximum absolute atomic E-state index is 9.56. The normalized spacial score (nSPS) is 11.8. The molecule has 0 aromatic carbocycles. The Kier molecular flexibility index (Phi) is 8.11. The number of rotatable bonds is 10. The van der Waals surface area contributed by atoms with Crippen LogP contribution >= 0.6 is 0 Å². The van der Waals surface area contributed by atoms with E-state index in [0.717, 1.165) is 0 Å². The van der Waals surface area contributed by atoms with Crippen LogP contribution < -0.4 is 0 Å². The first-order valence-corrected chi connectivity index (χ1v) is 5.50. The van der Waals surface area contributed by atoms with Crippen molar-refractivity contribution in [3.05, 3.63) is 25.3 Å². The number of β-amino-alcohol motifs (C(OH)–C–C–N with tert-alkyl or cyclic N) is 2. The van der Waals surface area contributed by atoms with E-state index in [1.54, 1.807) is 12.2 Å². The van der Waals surface area contributed by atoms with Crippen LogP contribution in [0.3, 0.4) is 0 Å². The smallest absolute Gasteiger partial charge is 0.0621 e. The third-order valence-electron chi connectivity index (χ3n) is 2.75. The van der Waals surface area contributed by atoms with Crippen LogP contribution in [0.4, 0.5) is 0 Å². The van der Waals surface area contributed by atoms with Gasteiger partial charge in [0.15, 0.2) is 0 Å². The standard InChI is InChI=1S/C12H23NO3/c1-3-5-12(11-16,6-4-2)13(7-9-14)8-10-15/h3-4,14-16H,1-2,5-11H2. The minimum atomic E-state index is -0.505. The summed E-state index contributed by atoms with van der Waals surface area (Å²) in [5.74, 6) is 0. The zero-order chi connectivity index (χ0) is 12.4. The molecule has 0 spiro atoms. The molecule has 0 rings (SSSR count). The molecule has 16 heavy (non-hydrogen) atoms. The largest absolute Gasteiger partial charge is 0.395 e. The van der Waals surface area contributed by atoms with Gasteiger partial charge < -0.3 is 15.3 Å². The van der Waals surface area contributed by atoms with Crippen LogP contribution in [0.25, 0.3) is 0 Å². The summed E-state index contributed by atoms with van der Waals surface area (Å²) in [7, 11) is 0. The summed E-state index contributed by atoms with van der Waals surface area (Å²) in [6, 6.07) is 0. The molecule has 4 nitrogen and oxygen atoms in total. The Bertz CT molecular complexity index is 190. The summed E-state index contributed by atoms with van der Waals surface area (Å²) >= 11 is 0. The molecule has 0 atom stereocenters. The number of hydrogen-bond donors (Lipinski definition) is 3. The van der Waals surface area contributed by atoms with E-state index in [0.29, 0.717) is 25.9 Å². The molecule has 0 heterocycles. The second-order valence-corrected chi connectivity index (χ2v) is 3.80. The average molecular weight is 229 g/mol. The number of nitrogens with zero attached hydrogens (tertiary/aromatic N) is 1. The molecule has 94 valence electrons. The van der Waals surface area contributed by atoms with Gasteiger partial charge in [-0.1, -0.05) is 12.2 Å². The lowest BCUT2D eigenvalue weighted by Crippen LogP contribution is -2.53. The van der Waals surface area contributed by atoms with Gasteiger partial charge in [0.1, 0.15) is 0 Å². The Morgan fingerprint density at radius 3 is 1.62 bits per heavy atom. The highest BCUT2D eigenvalue weighted by Gasteiger charge is 2.33. The van der Waals surface area contributed by atoms with Gasteiger partial charge in [-0.3, -0.25) is 4.90 Å². The number of aliphatic hydroxyl groups is 3. The lowest BCUT2D eigenvalue weighted by atomic mass is 9.89. The summed E-state index contributed by atoms with van der Waals surface area (Å²) in [6.07, 6.45) is 4.66. The molecule has 0 unspecified atom stereocenters. The minimum Gasteiger partial charge on any atom is -0.395 e. The Morgan fingerprint density at radius 1 is 0.938 bits per heavy atom. The number of hydrogen-bond acceptors (Lipinski definition) is 4. The van der Waals surface area contributed by atoms with Crippen LogP contribution in [0, 0.1) is 0 Å². The molecule has 0 aromatic rings. The van der Waals surface area contributed by atoms with E-state index in [2.05, 4.69) is 13.2 Å². The second kappa shape index (κ2) is 8.47. The van der Waals surface area contributed by atoms with Gasteiger partial charge in [0.2, 0.25) is 0 Å². The molecule has 0 saturated heterocycles. The molecule has 0 saturated carbocycles. The zero-order valence-corrected chi connectivity index (χ0v) is 9.81. The Labute approximate surface area is 97.5 Å². The van der Waals surface area contributed by atoms with Gasteiger partial charge in [-0.25, -0.2) is 0 Å². The van der Waals surface area contributed by atoms with Gasteiger partial charge >= 0.3 is 0 Å². The molecule has 0 aliphatic carbocycles. The van der Waals surface area contributed by atoms with E-state index in [9.17, 15) is 5.11 Å². The fraction of sp³-hybridized carbons (Fsp3) is 0.667. The van der Waals surface area contributed by atoms with Gasteiger partial charge in [0, 0.05) is 13.1 Å². The molecule has 0 fully saturated rings. The van der Waals surface area contributed by atoms with Crippen molar-refractivity contribution in [1.82, 2.24) is 4.90 Å². The second-order valence-electron chi connectivity index (χ2n) is 3.80. The molecule has 3 N–H and O–H groups in total. The van der Waals surface area contributed by atoms with E-state index in [-0.39, 0.29) is 19.8 Å². The lowest BCUT2D eigenvalue weighted by Gasteiger charge is -2.41. The summed E-state index contributed by atoms with van der Waals surface area (Å²) in [5.41, 5.74) is -0.505. The van der Waals surface area contributed by atoms with Crippen LogP contribution in [0.1, 0.15) is 12.8 Å². The highest BCUT2D eigenvalue weighted by atomic mass is 16.3. The molecular formula is C12H23NO3. The summed E-state index contributed by atoms with van der Waals surface area (Å²) in [6.45, 7) is 8.14. The maximum Gasteiger partial charge on any atom is 0.0621 e. The predicted octanol–water partition coefficient (Wildman–Crippen LogP) is 0.156. The van der Waals surface area contributed by atoms with Crippen molar-refractivity contribution >= 4 is 0 Å². The molecule has 0 aliphatic rings. The SMILES string of the molecule is C=CCC(CO)(CC=C)N(CCO)CCO. The molecule has 0 amide bonds. The highest BCUT2D eigenvalue weighted by Crippen LogP contribution is 2.24. The first kappa shape index (κ1) is 15.3. The van der Waals surface area contributed by atoms with Gasteiger partial charge in [-0.2, -0.15) is 0 Å². The molecule has 0 bridgehead atoms. The van der Waals surface area contributed by atoms with Crippen molar-refractivity contribution in [2.75, 3.05) is 32.9 Å². The third kappa shape index (κ3) is 4.06. The monoisotopic (exact) mass is 229 g/mol. The van der Waals surface area contributed by atoms with E-state index in [4.69, 9.17) is 10.2 Å². The fourth-order valence-corrected chi connectivity index (χ4v) is 1.94. The van der Waals surface area contributed by atoms with Crippen molar-refractivity contribution in [1.29, 1.82) is 0 Å². The summed E-state index contributed by atoms with van der Waals surface area (Å²) in [4.78, 5) is 1.89. The Hall–Kier alpha value is -0.680. The van der Waals surface area contributed by atoms with Crippen molar-refractivity contribution in [3.8, 4) is 0 Å². The highest BCUT2D eigenvalue weighted by molar-refractivity contribution is 4.99. The van der Waals surface area contributed by atoms with E-state index in [1.807, 2.05) is 4.90 Å². The maximum atomic E-state index is 9.56. The van der Waals surface area contributed by atoms with Gasteiger partial charge in [0.05, 0.1) is 25.4 Å². The predicted molar refractivity (Wildman–Crippen MR) is 65.2 cm³/mol. The minimum absolute atomic E-state index is 0.00393. The van der Waals surface area contributed by atoms with Crippen molar-refractivity contribution in [2.45, 2.75) is 18.4 Å².